The van der Waals surface area contributed by atoms with Gasteiger partial charge in [-0.1, -0.05) is 19.3 Å². The average molecular weight is 165 g/mol. The third-order valence-corrected chi connectivity index (χ3v) is 2.56. The molecule has 0 saturated heterocycles. The van der Waals surface area contributed by atoms with Crippen molar-refractivity contribution in [1.82, 2.24) is 5.32 Å². The number of hydrogen-bond acceptors (Lipinski definition) is 1. The van der Waals surface area contributed by atoms with Crippen molar-refractivity contribution in [2.24, 2.45) is 5.92 Å². The summed E-state index contributed by atoms with van der Waals surface area (Å²) in [5.41, 5.74) is 0. The lowest BCUT2D eigenvalue weighted by molar-refractivity contribution is 0.292. The molecule has 1 aliphatic rings. The molecular weight excluding hydrogens is 146 g/mol. The van der Waals surface area contributed by atoms with Gasteiger partial charge in [0.2, 0.25) is 0 Å². The van der Waals surface area contributed by atoms with Crippen LogP contribution in [0.4, 0.5) is 0 Å². The maximum atomic E-state index is 3.42. The third-order valence-electron chi connectivity index (χ3n) is 2.56. The SMILES string of the molecule is CC#CCCNCCC1CCC1. The molecule has 1 saturated carbocycles. The maximum absolute atomic E-state index is 3.42. The van der Waals surface area contributed by atoms with Crippen LogP contribution >= 0.6 is 0 Å². The Morgan fingerprint density at radius 1 is 1.33 bits per heavy atom. The van der Waals surface area contributed by atoms with Gasteiger partial charge in [0.15, 0.2) is 0 Å². The molecule has 1 aliphatic carbocycles. The van der Waals surface area contributed by atoms with E-state index < -0.39 is 0 Å². The Kier molecular flexibility index (Phi) is 4.87. The molecule has 0 bridgehead atoms. The smallest absolute Gasteiger partial charge is 0.0214 e. The van der Waals surface area contributed by atoms with Crippen molar-refractivity contribution in [3.05, 3.63) is 0 Å². The summed E-state index contributed by atoms with van der Waals surface area (Å²) in [6.45, 7) is 4.15. The van der Waals surface area contributed by atoms with E-state index in [-0.39, 0.29) is 0 Å². The zero-order valence-corrected chi connectivity index (χ0v) is 8.03. The van der Waals surface area contributed by atoms with Crippen LogP contribution in [0.3, 0.4) is 0 Å². The fourth-order valence-electron chi connectivity index (χ4n) is 1.49. The highest BCUT2D eigenvalue weighted by Gasteiger charge is 2.15. The monoisotopic (exact) mass is 165 g/mol. The van der Waals surface area contributed by atoms with Crippen LogP contribution in [0.25, 0.3) is 0 Å². The minimum Gasteiger partial charge on any atom is -0.316 e. The minimum absolute atomic E-state index is 1.00. The molecule has 0 aromatic carbocycles. The van der Waals surface area contributed by atoms with Crippen molar-refractivity contribution in [2.75, 3.05) is 13.1 Å². The summed E-state index contributed by atoms with van der Waals surface area (Å²) >= 11 is 0. The van der Waals surface area contributed by atoms with E-state index in [1.165, 1.54) is 32.2 Å². The summed E-state index contributed by atoms with van der Waals surface area (Å²) < 4.78 is 0. The molecule has 0 unspecified atom stereocenters. The van der Waals surface area contributed by atoms with E-state index in [9.17, 15) is 0 Å². The van der Waals surface area contributed by atoms with E-state index in [4.69, 9.17) is 0 Å². The van der Waals surface area contributed by atoms with Crippen molar-refractivity contribution < 1.29 is 0 Å². The van der Waals surface area contributed by atoms with Crippen LogP contribution in [0.15, 0.2) is 0 Å². The maximum Gasteiger partial charge on any atom is 0.0214 e. The summed E-state index contributed by atoms with van der Waals surface area (Å²) in [4.78, 5) is 0. The van der Waals surface area contributed by atoms with Crippen molar-refractivity contribution in [2.45, 2.75) is 39.0 Å². The lowest BCUT2D eigenvalue weighted by Gasteiger charge is -2.25. The summed E-state index contributed by atoms with van der Waals surface area (Å²) in [6.07, 6.45) is 6.78. The Bertz CT molecular complexity index is 160. The van der Waals surface area contributed by atoms with Crippen molar-refractivity contribution >= 4 is 0 Å². The third kappa shape index (κ3) is 3.78. The van der Waals surface area contributed by atoms with Crippen LogP contribution in [0, 0.1) is 17.8 Å². The first-order chi connectivity index (χ1) is 5.93. The van der Waals surface area contributed by atoms with Crippen LogP contribution in [0.1, 0.15) is 39.0 Å². The predicted molar refractivity (Wildman–Crippen MR) is 52.9 cm³/mol. The molecule has 0 radical (unpaired) electrons. The molecule has 0 aromatic rings. The van der Waals surface area contributed by atoms with Gasteiger partial charge in [-0.2, -0.15) is 0 Å². The largest absolute Gasteiger partial charge is 0.316 e. The van der Waals surface area contributed by atoms with Gasteiger partial charge in [0.05, 0.1) is 0 Å². The molecule has 1 heteroatoms. The number of rotatable bonds is 5. The minimum atomic E-state index is 1.00. The highest BCUT2D eigenvalue weighted by Crippen LogP contribution is 2.28. The van der Waals surface area contributed by atoms with Gasteiger partial charge in [0, 0.05) is 13.0 Å². The molecular formula is C11H19N. The molecule has 1 N–H and O–H groups in total. The molecule has 0 aliphatic heterocycles. The topological polar surface area (TPSA) is 12.0 Å². The Hall–Kier alpha value is -0.480. The van der Waals surface area contributed by atoms with Gasteiger partial charge in [-0.05, 0) is 25.8 Å². The fourth-order valence-corrected chi connectivity index (χ4v) is 1.49. The van der Waals surface area contributed by atoms with Crippen LogP contribution in [-0.2, 0) is 0 Å². The van der Waals surface area contributed by atoms with Gasteiger partial charge in [0.25, 0.3) is 0 Å². The summed E-state index contributed by atoms with van der Waals surface area (Å²) in [6, 6.07) is 0. The zero-order valence-electron chi connectivity index (χ0n) is 8.03. The van der Waals surface area contributed by atoms with Crippen molar-refractivity contribution in [3.8, 4) is 11.8 Å². The van der Waals surface area contributed by atoms with Gasteiger partial charge in [-0.25, -0.2) is 0 Å². The Labute approximate surface area is 75.9 Å². The van der Waals surface area contributed by atoms with Gasteiger partial charge in [-0.3, -0.25) is 0 Å². The predicted octanol–water partition coefficient (Wildman–Crippen LogP) is 2.18. The number of hydrogen-bond donors (Lipinski definition) is 1. The van der Waals surface area contributed by atoms with Gasteiger partial charge >= 0.3 is 0 Å². The number of nitrogens with one attached hydrogen (secondary N) is 1. The normalized spacial score (nSPS) is 16.4. The molecule has 1 fully saturated rings. The second kappa shape index (κ2) is 6.08. The first-order valence-corrected chi connectivity index (χ1v) is 5.04. The zero-order chi connectivity index (χ0) is 8.65. The molecule has 68 valence electrons. The molecule has 0 amide bonds. The Morgan fingerprint density at radius 3 is 2.75 bits per heavy atom. The molecule has 1 rings (SSSR count). The van der Waals surface area contributed by atoms with Crippen LogP contribution < -0.4 is 5.32 Å². The fraction of sp³-hybridized carbons (Fsp3) is 0.818. The van der Waals surface area contributed by atoms with Crippen molar-refractivity contribution in [3.63, 3.8) is 0 Å². The molecule has 0 heterocycles. The molecule has 0 spiro atoms. The van der Waals surface area contributed by atoms with Crippen molar-refractivity contribution in [1.29, 1.82) is 0 Å². The van der Waals surface area contributed by atoms with E-state index in [1.807, 2.05) is 6.92 Å². The second-order valence-electron chi connectivity index (χ2n) is 3.51. The first kappa shape index (κ1) is 9.61. The lowest BCUT2D eigenvalue weighted by atomic mass is 9.83. The quantitative estimate of drug-likeness (QED) is 0.486. The molecule has 1 nitrogen and oxygen atoms in total. The van der Waals surface area contributed by atoms with E-state index >= 15 is 0 Å². The molecule has 0 aromatic heterocycles. The van der Waals surface area contributed by atoms with Gasteiger partial charge < -0.3 is 5.32 Å². The Balaban J connectivity index is 1.78. The lowest BCUT2D eigenvalue weighted by Crippen LogP contribution is -2.21. The first-order valence-electron chi connectivity index (χ1n) is 5.04. The Morgan fingerprint density at radius 2 is 2.17 bits per heavy atom. The van der Waals surface area contributed by atoms with Gasteiger partial charge in [0.1, 0.15) is 0 Å². The second-order valence-corrected chi connectivity index (χ2v) is 3.51. The van der Waals surface area contributed by atoms with Gasteiger partial charge in [-0.15, -0.1) is 11.8 Å². The van der Waals surface area contributed by atoms with Crippen LogP contribution in [0.2, 0.25) is 0 Å². The highest BCUT2D eigenvalue weighted by atomic mass is 14.8. The van der Waals surface area contributed by atoms with E-state index in [0.717, 1.165) is 18.9 Å². The molecule has 0 atom stereocenters. The van der Waals surface area contributed by atoms with E-state index in [2.05, 4.69) is 17.2 Å². The summed E-state index contributed by atoms with van der Waals surface area (Å²) in [7, 11) is 0. The molecule has 12 heavy (non-hydrogen) atoms. The van der Waals surface area contributed by atoms with Crippen LogP contribution in [0.5, 0.6) is 0 Å². The summed E-state index contributed by atoms with van der Waals surface area (Å²) in [5.74, 6) is 6.99. The van der Waals surface area contributed by atoms with E-state index in [0.29, 0.717) is 0 Å². The average Bonchev–Trinajstić information content (AvgIpc) is 2.00. The summed E-state index contributed by atoms with van der Waals surface area (Å²) in [5, 5.41) is 3.42. The van der Waals surface area contributed by atoms with E-state index in [1.54, 1.807) is 0 Å². The van der Waals surface area contributed by atoms with Crippen LogP contribution in [-0.4, -0.2) is 13.1 Å². The highest BCUT2D eigenvalue weighted by molar-refractivity contribution is 4.95. The standard InChI is InChI=1S/C11H19N/c1-2-3-4-9-12-10-8-11-6-5-7-11/h11-12H,4-10H2,1H3.